The molecule has 1 aromatic carbocycles. The molecule has 0 N–H and O–H groups in total. The Kier molecular flexibility index (Phi) is 4.05. The van der Waals surface area contributed by atoms with Crippen molar-refractivity contribution in [3.63, 3.8) is 0 Å². The number of nitrogens with zero attached hydrogens (tertiary/aromatic N) is 3. The number of hydrogen-bond acceptors (Lipinski definition) is 4. The number of pyridine rings is 3. The van der Waals surface area contributed by atoms with E-state index in [1.807, 2.05) is 38.1 Å². The number of halogens is 1. The lowest BCUT2D eigenvalue weighted by molar-refractivity contribution is 0.486. The lowest BCUT2D eigenvalue weighted by Gasteiger charge is -2.14. The molecule has 0 saturated carbocycles. The molecule has 0 aliphatic heterocycles. The van der Waals surface area contributed by atoms with Crippen LogP contribution in [0.5, 0.6) is 11.5 Å². The molecule has 0 aliphatic carbocycles. The maximum absolute atomic E-state index is 13.7. The van der Waals surface area contributed by atoms with Gasteiger partial charge in [-0.05, 0) is 61.9 Å². The third kappa shape index (κ3) is 2.99. The molecule has 26 heavy (non-hydrogen) atoms. The Hall–Kier alpha value is -3.34. The third-order valence-corrected chi connectivity index (χ3v) is 4.22. The van der Waals surface area contributed by atoms with Gasteiger partial charge in [0.1, 0.15) is 17.3 Å². The van der Waals surface area contributed by atoms with Crippen molar-refractivity contribution in [3.8, 4) is 22.9 Å². The second kappa shape index (κ2) is 6.52. The topological polar surface area (TPSA) is 47.9 Å². The van der Waals surface area contributed by atoms with E-state index in [9.17, 15) is 4.39 Å². The number of fused-ring (bicyclic) bond motifs is 1. The Morgan fingerprint density at radius 2 is 1.77 bits per heavy atom. The highest BCUT2D eigenvalue weighted by atomic mass is 19.1. The smallest absolute Gasteiger partial charge is 0.155 e. The highest BCUT2D eigenvalue weighted by Gasteiger charge is 2.14. The number of rotatable bonds is 3. The van der Waals surface area contributed by atoms with Gasteiger partial charge in [0.2, 0.25) is 0 Å². The third-order valence-electron chi connectivity index (χ3n) is 4.22. The van der Waals surface area contributed by atoms with E-state index >= 15 is 0 Å². The summed E-state index contributed by atoms with van der Waals surface area (Å²) in [6.45, 7) is 3.92. The van der Waals surface area contributed by atoms with Crippen molar-refractivity contribution in [2.75, 3.05) is 0 Å². The van der Waals surface area contributed by atoms with Crippen molar-refractivity contribution >= 4 is 10.9 Å². The van der Waals surface area contributed by atoms with Crippen molar-refractivity contribution in [2.24, 2.45) is 0 Å². The first-order valence-corrected chi connectivity index (χ1v) is 8.23. The maximum atomic E-state index is 13.7. The van der Waals surface area contributed by atoms with Gasteiger partial charge in [-0.1, -0.05) is 6.07 Å². The van der Waals surface area contributed by atoms with E-state index in [1.165, 1.54) is 12.1 Å². The van der Waals surface area contributed by atoms with Crippen molar-refractivity contribution in [1.29, 1.82) is 0 Å². The van der Waals surface area contributed by atoms with E-state index in [1.54, 1.807) is 24.5 Å². The molecule has 0 bridgehead atoms. The van der Waals surface area contributed by atoms with Crippen molar-refractivity contribution in [1.82, 2.24) is 15.0 Å². The zero-order chi connectivity index (χ0) is 18.1. The molecular formula is C21H16FN3O. The zero-order valence-electron chi connectivity index (χ0n) is 14.4. The van der Waals surface area contributed by atoms with Gasteiger partial charge in [0, 0.05) is 23.5 Å². The van der Waals surface area contributed by atoms with Crippen LogP contribution in [0.3, 0.4) is 0 Å². The number of benzene rings is 1. The molecule has 5 heteroatoms. The van der Waals surface area contributed by atoms with Crippen LogP contribution in [0.15, 0.2) is 60.9 Å². The molecule has 4 aromatic rings. The summed E-state index contributed by atoms with van der Waals surface area (Å²) in [7, 11) is 0. The van der Waals surface area contributed by atoms with Crippen molar-refractivity contribution in [2.45, 2.75) is 13.8 Å². The average Bonchev–Trinajstić information content (AvgIpc) is 2.65. The van der Waals surface area contributed by atoms with E-state index in [4.69, 9.17) is 4.74 Å². The molecule has 0 saturated heterocycles. The predicted molar refractivity (Wildman–Crippen MR) is 98.7 cm³/mol. The van der Waals surface area contributed by atoms with Gasteiger partial charge in [0.05, 0.1) is 11.2 Å². The fraction of sp³-hybridized carbons (Fsp3) is 0.0952. The molecule has 4 rings (SSSR count). The summed E-state index contributed by atoms with van der Waals surface area (Å²) >= 11 is 0. The van der Waals surface area contributed by atoms with Crippen LogP contribution < -0.4 is 4.74 Å². The molecule has 0 radical (unpaired) electrons. The van der Waals surface area contributed by atoms with Crippen LogP contribution in [-0.4, -0.2) is 15.0 Å². The molecule has 128 valence electrons. The quantitative estimate of drug-likeness (QED) is 0.509. The summed E-state index contributed by atoms with van der Waals surface area (Å²) in [5.74, 6) is 0.763. The van der Waals surface area contributed by atoms with Crippen LogP contribution >= 0.6 is 0 Å². The number of aryl methyl sites for hydroxylation is 2. The van der Waals surface area contributed by atoms with Gasteiger partial charge in [-0.3, -0.25) is 9.97 Å². The Morgan fingerprint density at radius 1 is 0.885 bits per heavy atom. The van der Waals surface area contributed by atoms with Crippen LogP contribution in [0.4, 0.5) is 4.39 Å². The average molecular weight is 345 g/mol. The van der Waals surface area contributed by atoms with Gasteiger partial charge in [-0.15, -0.1) is 0 Å². The Morgan fingerprint density at radius 3 is 2.58 bits per heavy atom. The molecule has 3 heterocycles. The van der Waals surface area contributed by atoms with Crippen LogP contribution in [0.1, 0.15) is 11.3 Å². The highest BCUT2D eigenvalue weighted by Crippen LogP contribution is 2.35. The minimum absolute atomic E-state index is 0.335. The summed E-state index contributed by atoms with van der Waals surface area (Å²) in [4.78, 5) is 13.3. The maximum Gasteiger partial charge on any atom is 0.155 e. The lowest BCUT2D eigenvalue weighted by Crippen LogP contribution is -1.98. The minimum Gasteiger partial charge on any atom is -0.454 e. The fourth-order valence-electron chi connectivity index (χ4n) is 2.75. The second-order valence-electron chi connectivity index (χ2n) is 6.03. The number of ether oxygens (including phenoxy) is 1. The van der Waals surface area contributed by atoms with E-state index in [0.717, 1.165) is 17.0 Å². The Bertz CT molecular complexity index is 1100. The number of aromatic nitrogens is 3. The van der Waals surface area contributed by atoms with Gasteiger partial charge in [0.25, 0.3) is 0 Å². The monoisotopic (exact) mass is 345 g/mol. The van der Waals surface area contributed by atoms with Crippen LogP contribution in [0, 0.1) is 19.7 Å². The summed E-state index contributed by atoms with van der Waals surface area (Å²) in [6.07, 6.45) is 3.36. The van der Waals surface area contributed by atoms with E-state index in [0.29, 0.717) is 28.1 Å². The summed E-state index contributed by atoms with van der Waals surface area (Å²) in [6, 6.07) is 13.7. The molecule has 0 spiro atoms. The van der Waals surface area contributed by atoms with Gasteiger partial charge < -0.3 is 4.74 Å². The summed E-state index contributed by atoms with van der Waals surface area (Å²) in [5, 5.41) is 0.609. The first kappa shape index (κ1) is 16.1. The second-order valence-corrected chi connectivity index (χ2v) is 6.03. The Balaban J connectivity index is 1.87. The fourth-order valence-corrected chi connectivity index (χ4v) is 2.75. The van der Waals surface area contributed by atoms with Gasteiger partial charge in [-0.2, -0.15) is 0 Å². The molecule has 0 fully saturated rings. The lowest BCUT2D eigenvalue weighted by atomic mass is 10.1. The van der Waals surface area contributed by atoms with Crippen LogP contribution in [0.25, 0.3) is 22.3 Å². The molecule has 3 aromatic heterocycles. The van der Waals surface area contributed by atoms with E-state index in [-0.39, 0.29) is 5.82 Å². The molecule has 0 unspecified atom stereocenters. The van der Waals surface area contributed by atoms with Crippen LogP contribution in [-0.2, 0) is 0 Å². The minimum atomic E-state index is -0.335. The molecule has 0 aliphatic rings. The van der Waals surface area contributed by atoms with Crippen molar-refractivity contribution in [3.05, 3.63) is 78.0 Å². The molecular weight excluding hydrogens is 329 g/mol. The molecule has 0 atom stereocenters. The van der Waals surface area contributed by atoms with Gasteiger partial charge in [0.15, 0.2) is 5.75 Å². The van der Waals surface area contributed by atoms with E-state index < -0.39 is 0 Å². The highest BCUT2D eigenvalue weighted by molar-refractivity contribution is 5.85. The first-order chi connectivity index (χ1) is 12.6. The summed E-state index contributed by atoms with van der Waals surface area (Å²) < 4.78 is 19.9. The standard InChI is InChI=1S/C21H16FN3O/c1-13-11-20(21(25-14(13)2)18-5-3-4-9-23-18)26-19-8-10-24-17-7-6-15(22)12-16(17)19/h3-12H,1-2H3. The molecule has 0 amide bonds. The number of hydrogen-bond donors (Lipinski definition) is 0. The van der Waals surface area contributed by atoms with Crippen molar-refractivity contribution < 1.29 is 9.13 Å². The predicted octanol–water partition coefficient (Wildman–Crippen LogP) is 5.24. The Labute approximate surface area is 150 Å². The normalized spacial score (nSPS) is 10.9. The van der Waals surface area contributed by atoms with E-state index in [2.05, 4.69) is 15.0 Å². The van der Waals surface area contributed by atoms with Gasteiger partial charge in [-0.25, -0.2) is 9.37 Å². The van der Waals surface area contributed by atoms with Gasteiger partial charge >= 0.3 is 0 Å². The first-order valence-electron chi connectivity index (χ1n) is 8.23. The van der Waals surface area contributed by atoms with Crippen LogP contribution in [0.2, 0.25) is 0 Å². The zero-order valence-corrected chi connectivity index (χ0v) is 14.4. The largest absolute Gasteiger partial charge is 0.454 e. The summed E-state index contributed by atoms with van der Waals surface area (Å²) in [5.41, 5.74) is 3.94. The molecule has 4 nitrogen and oxygen atoms in total. The SMILES string of the molecule is Cc1cc(Oc2ccnc3ccc(F)cc23)c(-c2ccccn2)nc1C.